The minimum Gasteiger partial charge on any atom is -0.381 e. The fourth-order valence-electron chi connectivity index (χ4n) is 1.95. The zero-order valence-corrected chi connectivity index (χ0v) is 11.6. The van der Waals surface area contributed by atoms with E-state index in [2.05, 4.69) is 19.2 Å². The lowest BCUT2D eigenvalue weighted by Crippen LogP contribution is -2.49. The van der Waals surface area contributed by atoms with Gasteiger partial charge in [-0.05, 0) is 25.2 Å². The maximum Gasteiger partial charge on any atom is 0.227 e. The molecule has 1 fully saturated rings. The number of ether oxygens (including phenoxy) is 1. The maximum atomic E-state index is 12.1. The molecule has 0 aliphatic carbocycles. The Balaban J connectivity index is 0.00000256. The highest BCUT2D eigenvalue weighted by atomic mass is 35.5. The Kier molecular flexibility index (Phi) is 7.75. The Morgan fingerprint density at radius 1 is 1.41 bits per heavy atom. The summed E-state index contributed by atoms with van der Waals surface area (Å²) in [4.78, 5) is 12.1. The lowest BCUT2D eigenvalue weighted by Gasteiger charge is -2.34. The van der Waals surface area contributed by atoms with E-state index in [9.17, 15) is 4.79 Å². The first kappa shape index (κ1) is 16.7. The molecular weight excluding hydrogens is 240 g/mol. The highest BCUT2D eigenvalue weighted by Crippen LogP contribution is 2.29. The molecule has 4 nitrogen and oxygen atoms in total. The number of rotatable bonds is 5. The van der Waals surface area contributed by atoms with Crippen LogP contribution in [0.1, 0.15) is 33.1 Å². The Labute approximate surface area is 110 Å². The van der Waals surface area contributed by atoms with E-state index in [4.69, 9.17) is 10.5 Å². The molecule has 0 aromatic rings. The van der Waals surface area contributed by atoms with Gasteiger partial charge in [-0.25, -0.2) is 0 Å². The van der Waals surface area contributed by atoms with Crippen molar-refractivity contribution in [3.63, 3.8) is 0 Å². The number of hydrogen-bond donors (Lipinski definition) is 2. The van der Waals surface area contributed by atoms with E-state index in [1.807, 2.05) is 0 Å². The SMILES string of the molecule is CC(C)CCNC(=O)C1(CN)CCOCC1.Cl. The topological polar surface area (TPSA) is 64.4 Å². The van der Waals surface area contributed by atoms with Gasteiger partial charge in [0.15, 0.2) is 0 Å². The van der Waals surface area contributed by atoms with Crippen LogP contribution in [-0.4, -0.2) is 32.2 Å². The van der Waals surface area contributed by atoms with Gasteiger partial charge in [0.25, 0.3) is 0 Å². The average molecular weight is 265 g/mol. The third kappa shape index (κ3) is 4.82. The van der Waals surface area contributed by atoms with E-state index in [1.54, 1.807) is 0 Å². The Bertz CT molecular complexity index is 229. The number of halogens is 1. The fourth-order valence-corrected chi connectivity index (χ4v) is 1.95. The molecule has 0 atom stereocenters. The van der Waals surface area contributed by atoms with Crippen LogP contribution < -0.4 is 11.1 Å². The second kappa shape index (κ2) is 7.90. The predicted molar refractivity (Wildman–Crippen MR) is 71.3 cm³/mol. The molecule has 17 heavy (non-hydrogen) atoms. The number of hydrogen-bond acceptors (Lipinski definition) is 3. The number of nitrogens with one attached hydrogen (secondary N) is 1. The van der Waals surface area contributed by atoms with Crippen LogP contribution in [0.2, 0.25) is 0 Å². The second-order valence-electron chi connectivity index (χ2n) is 5.04. The van der Waals surface area contributed by atoms with Crippen LogP contribution in [0.15, 0.2) is 0 Å². The normalized spacial score (nSPS) is 18.6. The summed E-state index contributed by atoms with van der Waals surface area (Å²) in [7, 11) is 0. The van der Waals surface area contributed by atoms with Crippen molar-refractivity contribution < 1.29 is 9.53 Å². The van der Waals surface area contributed by atoms with Crippen LogP contribution in [0.5, 0.6) is 0 Å². The molecule has 102 valence electrons. The first-order valence-electron chi connectivity index (χ1n) is 6.17. The van der Waals surface area contributed by atoms with Gasteiger partial charge < -0.3 is 15.8 Å². The third-order valence-electron chi connectivity index (χ3n) is 3.33. The van der Waals surface area contributed by atoms with Gasteiger partial charge in [-0.1, -0.05) is 13.8 Å². The van der Waals surface area contributed by atoms with Crippen molar-refractivity contribution in [3.8, 4) is 0 Å². The van der Waals surface area contributed by atoms with E-state index in [1.165, 1.54) is 0 Å². The van der Waals surface area contributed by atoms with E-state index in [0.29, 0.717) is 25.7 Å². The minimum absolute atomic E-state index is 0. The van der Waals surface area contributed by atoms with Crippen molar-refractivity contribution in [3.05, 3.63) is 0 Å². The van der Waals surface area contributed by atoms with Gasteiger partial charge in [-0.15, -0.1) is 12.4 Å². The van der Waals surface area contributed by atoms with Crippen molar-refractivity contribution in [2.75, 3.05) is 26.3 Å². The van der Waals surface area contributed by atoms with E-state index in [0.717, 1.165) is 25.8 Å². The van der Waals surface area contributed by atoms with E-state index in [-0.39, 0.29) is 23.7 Å². The molecule has 0 aromatic carbocycles. The molecule has 1 aliphatic heterocycles. The van der Waals surface area contributed by atoms with E-state index < -0.39 is 0 Å². The van der Waals surface area contributed by atoms with Gasteiger partial charge in [0.05, 0.1) is 5.41 Å². The Hall–Kier alpha value is -0.320. The van der Waals surface area contributed by atoms with Crippen molar-refractivity contribution in [1.82, 2.24) is 5.32 Å². The van der Waals surface area contributed by atoms with Crippen LogP contribution >= 0.6 is 12.4 Å². The molecule has 5 heteroatoms. The van der Waals surface area contributed by atoms with Gasteiger partial charge in [0.1, 0.15) is 0 Å². The molecule has 1 heterocycles. The third-order valence-corrected chi connectivity index (χ3v) is 3.33. The molecule has 0 saturated carbocycles. The van der Waals surface area contributed by atoms with Crippen LogP contribution in [0.25, 0.3) is 0 Å². The summed E-state index contributed by atoms with van der Waals surface area (Å²) in [5.74, 6) is 0.725. The van der Waals surface area contributed by atoms with E-state index >= 15 is 0 Å². The molecule has 0 radical (unpaired) electrons. The quantitative estimate of drug-likeness (QED) is 0.787. The standard InChI is InChI=1S/C12H24N2O2.ClH/c1-10(2)3-6-14-11(15)12(9-13)4-7-16-8-5-12;/h10H,3-9,13H2,1-2H3,(H,14,15);1H. The first-order chi connectivity index (χ1) is 7.60. The van der Waals surface area contributed by atoms with Crippen molar-refractivity contribution in [2.45, 2.75) is 33.1 Å². The first-order valence-corrected chi connectivity index (χ1v) is 6.17. The highest BCUT2D eigenvalue weighted by molar-refractivity contribution is 5.85. The summed E-state index contributed by atoms with van der Waals surface area (Å²) in [6.07, 6.45) is 2.51. The van der Waals surface area contributed by atoms with Gasteiger partial charge in [0, 0.05) is 26.3 Å². The molecule has 0 aromatic heterocycles. The number of nitrogens with two attached hydrogens (primary N) is 1. The Morgan fingerprint density at radius 3 is 2.47 bits per heavy atom. The molecule has 1 aliphatic rings. The summed E-state index contributed by atoms with van der Waals surface area (Å²) >= 11 is 0. The molecule has 3 N–H and O–H groups in total. The number of amides is 1. The van der Waals surface area contributed by atoms with Crippen molar-refractivity contribution >= 4 is 18.3 Å². The summed E-state index contributed by atoms with van der Waals surface area (Å²) in [5.41, 5.74) is 5.37. The fraction of sp³-hybridized carbons (Fsp3) is 0.917. The minimum atomic E-state index is -0.380. The van der Waals surface area contributed by atoms with Crippen molar-refractivity contribution in [2.24, 2.45) is 17.1 Å². The second-order valence-corrected chi connectivity index (χ2v) is 5.04. The molecular formula is C12H25ClN2O2. The maximum absolute atomic E-state index is 12.1. The largest absolute Gasteiger partial charge is 0.381 e. The molecule has 0 spiro atoms. The number of carbonyl (C=O) groups excluding carboxylic acids is 1. The lowest BCUT2D eigenvalue weighted by molar-refractivity contribution is -0.135. The molecule has 1 rings (SSSR count). The van der Waals surface area contributed by atoms with Crippen LogP contribution in [0.3, 0.4) is 0 Å². The smallest absolute Gasteiger partial charge is 0.227 e. The van der Waals surface area contributed by atoms with Crippen LogP contribution in [0, 0.1) is 11.3 Å². The number of carbonyl (C=O) groups is 1. The van der Waals surface area contributed by atoms with Gasteiger partial charge in [-0.2, -0.15) is 0 Å². The van der Waals surface area contributed by atoms with Gasteiger partial charge in [-0.3, -0.25) is 4.79 Å². The van der Waals surface area contributed by atoms with Crippen LogP contribution in [-0.2, 0) is 9.53 Å². The molecule has 0 unspecified atom stereocenters. The predicted octanol–water partition coefficient (Wildman–Crippen LogP) is 1.33. The summed E-state index contributed by atoms with van der Waals surface area (Å²) in [6.45, 7) is 6.77. The lowest BCUT2D eigenvalue weighted by atomic mass is 9.79. The monoisotopic (exact) mass is 264 g/mol. The zero-order chi connectivity index (χ0) is 12.0. The summed E-state index contributed by atoms with van der Waals surface area (Å²) in [6, 6.07) is 0. The summed E-state index contributed by atoms with van der Waals surface area (Å²) < 4.78 is 5.28. The van der Waals surface area contributed by atoms with Crippen LogP contribution in [0.4, 0.5) is 0 Å². The summed E-state index contributed by atoms with van der Waals surface area (Å²) in [5, 5.41) is 3.00. The van der Waals surface area contributed by atoms with Gasteiger partial charge in [0.2, 0.25) is 5.91 Å². The Morgan fingerprint density at radius 2 is 2.00 bits per heavy atom. The van der Waals surface area contributed by atoms with Gasteiger partial charge >= 0.3 is 0 Å². The average Bonchev–Trinajstić information content (AvgIpc) is 2.29. The zero-order valence-electron chi connectivity index (χ0n) is 10.8. The molecule has 1 saturated heterocycles. The highest BCUT2D eigenvalue weighted by Gasteiger charge is 2.38. The molecule has 0 bridgehead atoms. The molecule has 1 amide bonds. The van der Waals surface area contributed by atoms with Crippen molar-refractivity contribution in [1.29, 1.82) is 0 Å².